The van der Waals surface area contributed by atoms with Gasteiger partial charge in [-0.2, -0.15) is 4.31 Å². The third-order valence-corrected chi connectivity index (χ3v) is 8.68. The molecule has 2 fully saturated rings. The average molecular weight is 473 g/mol. The second-order valence-corrected chi connectivity index (χ2v) is 10.9. The molecular formula is C18H24N4O5S3. The van der Waals surface area contributed by atoms with E-state index < -0.39 is 10.0 Å². The quantitative estimate of drug-likeness (QED) is 0.419. The number of hydrogen-bond donors (Lipinski definition) is 0. The lowest BCUT2D eigenvalue weighted by Gasteiger charge is -2.26. The fourth-order valence-electron chi connectivity index (χ4n) is 3.08. The number of sulfonamides is 1. The van der Waals surface area contributed by atoms with Crippen molar-refractivity contribution in [2.24, 2.45) is 0 Å². The molecule has 164 valence electrons. The summed E-state index contributed by atoms with van der Waals surface area (Å²) in [6.07, 6.45) is 0. The van der Waals surface area contributed by atoms with E-state index in [0.717, 1.165) is 41.5 Å². The van der Waals surface area contributed by atoms with Gasteiger partial charge >= 0.3 is 0 Å². The highest BCUT2D eigenvalue weighted by molar-refractivity contribution is 8.01. The molecule has 2 aliphatic rings. The SMILES string of the molecule is O=S(=O)(c1ccc(OCCSc2nnc(N3CCOCC3)s2)cc1)N1CCOCC1. The van der Waals surface area contributed by atoms with Crippen molar-refractivity contribution in [2.45, 2.75) is 9.24 Å². The summed E-state index contributed by atoms with van der Waals surface area (Å²) < 4.78 is 44.0. The van der Waals surface area contributed by atoms with Gasteiger partial charge in [-0.25, -0.2) is 8.42 Å². The minimum absolute atomic E-state index is 0.274. The Morgan fingerprint density at radius 2 is 1.67 bits per heavy atom. The Balaban J connectivity index is 1.23. The van der Waals surface area contributed by atoms with Crippen LogP contribution >= 0.6 is 23.1 Å². The smallest absolute Gasteiger partial charge is 0.243 e. The summed E-state index contributed by atoms with van der Waals surface area (Å²) in [5.74, 6) is 1.37. The maximum Gasteiger partial charge on any atom is 0.243 e. The van der Waals surface area contributed by atoms with Gasteiger partial charge < -0.3 is 19.1 Å². The summed E-state index contributed by atoms with van der Waals surface area (Å²) in [5.41, 5.74) is 0. The van der Waals surface area contributed by atoms with E-state index in [2.05, 4.69) is 15.1 Å². The van der Waals surface area contributed by atoms with Crippen molar-refractivity contribution in [3.05, 3.63) is 24.3 Å². The lowest BCUT2D eigenvalue weighted by Crippen LogP contribution is -2.40. The van der Waals surface area contributed by atoms with Crippen molar-refractivity contribution in [2.75, 3.05) is 69.9 Å². The first-order valence-electron chi connectivity index (χ1n) is 9.73. The van der Waals surface area contributed by atoms with E-state index in [9.17, 15) is 8.42 Å². The number of ether oxygens (including phenoxy) is 3. The maximum atomic E-state index is 12.6. The Kier molecular flexibility index (Phi) is 7.44. The molecule has 0 radical (unpaired) electrons. The average Bonchev–Trinajstić information content (AvgIpc) is 3.27. The van der Waals surface area contributed by atoms with Crippen LogP contribution in [0.15, 0.2) is 33.5 Å². The number of hydrogen-bond acceptors (Lipinski definition) is 10. The minimum Gasteiger partial charge on any atom is -0.493 e. The van der Waals surface area contributed by atoms with Crippen molar-refractivity contribution in [1.82, 2.24) is 14.5 Å². The van der Waals surface area contributed by atoms with Gasteiger partial charge in [-0.05, 0) is 24.3 Å². The molecule has 0 spiro atoms. The van der Waals surface area contributed by atoms with Crippen LogP contribution in [0, 0.1) is 0 Å². The molecule has 1 aromatic heterocycles. The van der Waals surface area contributed by atoms with Gasteiger partial charge in [0.15, 0.2) is 4.34 Å². The van der Waals surface area contributed by atoms with Crippen molar-refractivity contribution in [3.63, 3.8) is 0 Å². The summed E-state index contributed by atoms with van der Waals surface area (Å²) in [4.78, 5) is 2.46. The van der Waals surface area contributed by atoms with Crippen LogP contribution in [-0.2, 0) is 19.5 Å². The van der Waals surface area contributed by atoms with E-state index in [-0.39, 0.29) is 4.90 Å². The van der Waals surface area contributed by atoms with E-state index in [0.29, 0.717) is 38.7 Å². The normalized spacial score (nSPS) is 18.5. The predicted octanol–water partition coefficient (Wildman–Crippen LogP) is 1.57. The highest BCUT2D eigenvalue weighted by atomic mass is 32.2. The number of morpholine rings is 2. The number of thioether (sulfide) groups is 1. The third-order valence-electron chi connectivity index (χ3n) is 4.69. The van der Waals surface area contributed by atoms with Gasteiger partial charge in [0.1, 0.15) is 5.75 Å². The van der Waals surface area contributed by atoms with E-state index in [1.54, 1.807) is 47.4 Å². The van der Waals surface area contributed by atoms with Crippen molar-refractivity contribution in [3.8, 4) is 5.75 Å². The van der Waals surface area contributed by atoms with E-state index in [4.69, 9.17) is 14.2 Å². The lowest BCUT2D eigenvalue weighted by molar-refractivity contribution is 0.0730. The Hall–Kier alpha value is -1.44. The molecule has 2 saturated heterocycles. The van der Waals surface area contributed by atoms with Crippen molar-refractivity contribution >= 4 is 38.3 Å². The van der Waals surface area contributed by atoms with Crippen LogP contribution in [-0.4, -0.2) is 87.9 Å². The first-order chi connectivity index (χ1) is 14.6. The molecule has 1 aromatic carbocycles. The lowest BCUT2D eigenvalue weighted by atomic mass is 10.3. The van der Waals surface area contributed by atoms with E-state index in [1.165, 1.54) is 4.31 Å². The van der Waals surface area contributed by atoms with Gasteiger partial charge in [-0.15, -0.1) is 10.2 Å². The Labute approximate surface area is 184 Å². The molecule has 0 saturated carbocycles. The second kappa shape index (κ2) is 10.2. The van der Waals surface area contributed by atoms with Crippen LogP contribution in [0.4, 0.5) is 5.13 Å². The molecule has 12 heteroatoms. The zero-order valence-corrected chi connectivity index (χ0v) is 18.9. The van der Waals surface area contributed by atoms with Gasteiger partial charge in [-0.1, -0.05) is 23.1 Å². The third kappa shape index (κ3) is 5.42. The van der Waals surface area contributed by atoms with E-state index in [1.807, 2.05) is 0 Å². The van der Waals surface area contributed by atoms with Gasteiger partial charge in [0.25, 0.3) is 0 Å². The molecule has 3 heterocycles. The molecule has 2 aromatic rings. The molecule has 0 aliphatic carbocycles. The molecule has 9 nitrogen and oxygen atoms in total. The summed E-state index contributed by atoms with van der Waals surface area (Å²) in [7, 11) is -3.48. The second-order valence-electron chi connectivity index (χ2n) is 6.63. The topological polar surface area (TPSA) is 94.1 Å². The highest BCUT2D eigenvalue weighted by Gasteiger charge is 2.26. The number of anilines is 1. The van der Waals surface area contributed by atoms with Crippen molar-refractivity contribution in [1.29, 1.82) is 0 Å². The number of aromatic nitrogens is 2. The fraction of sp³-hybridized carbons (Fsp3) is 0.556. The zero-order chi connectivity index (χ0) is 20.8. The monoisotopic (exact) mass is 472 g/mol. The van der Waals surface area contributed by atoms with Crippen LogP contribution in [0.2, 0.25) is 0 Å². The minimum atomic E-state index is -3.48. The standard InChI is InChI=1S/C18H24N4O5S3/c23-30(24,22-7-11-26-12-8-22)16-3-1-15(2-4-16)27-13-14-28-18-20-19-17(29-18)21-5-9-25-10-6-21/h1-4H,5-14H2. The zero-order valence-electron chi connectivity index (χ0n) is 16.4. The Morgan fingerprint density at radius 1 is 1.00 bits per heavy atom. The number of rotatable bonds is 8. The number of benzene rings is 1. The molecular weight excluding hydrogens is 448 g/mol. The van der Waals surface area contributed by atoms with Crippen LogP contribution < -0.4 is 9.64 Å². The molecule has 0 N–H and O–H groups in total. The highest BCUT2D eigenvalue weighted by Crippen LogP contribution is 2.28. The van der Waals surface area contributed by atoms with Crippen molar-refractivity contribution < 1.29 is 22.6 Å². The van der Waals surface area contributed by atoms with Crippen LogP contribution in [0.1, 0.15) is 0 Å². The largest absolute Gasteiger partial charge is 0.493 e. The molecule has 0 atom stereocenters. The predicted molar refractivity (Wildman–Crippen MR) is 115 cm³/mol. The first-order valence-corrected chi connectivity index (χ1v) is 13.0. The van der Waals surface area contributed by atoms with Crippen LogP contribution in [0.3, 0.4) is 0 Å². The molecule has 0 unspecified atom stereocenters. The molecule has 30 heavy (non-hydrogen) atoms. The first kappa shape index (κ1) is 21.8. The summed E-state index contributed by atoms with van der Waals surface area (Å²) in [5, 5.41) is 9.42. The van der Waals surface area contributed by atoms with Gasteiger partial charge in [0.05, 0.1) is 37.9 Å². The Bertz CT molecular complexity index is 910. The van der Waals surface area contributed by atoms with Crippen LogP contribution in [0.25, 0.3) is 0 Å². The molecule has 2 aliphatic heterocycles. The molecule has 0 bridgehead atoms. The molecule has 0 amide bonds. The van der Waals surface area contributed by atoms with Gasteiger partial charge in [0.2, 0.25) is 15.2 Å². The summed E-state index contributed by atoms with van der Waals surface area (Å²) >= 11 is 3.18. The number of nitrogens with zero attached hydrogens (tertiary/aromatic N) is 4. The van der Waals surface area contributed by atoms with E-state index >= 15 is 0 Å². The Morgan fingerprint density at radius 3 is 2.37 bits per heavy atom. The molecule has 4 rings (SSSR count). The maximum absolute atomic E-state index is 12.6. The summed E-state index contributed by atoms with van der Waals surface area (Å²) in [6.45, 7) is 5.27. The van der Waals surface area contributed by atoms with Crippen LogP contribution in [0.5, 0.6) is 5.75 Å². The van der Waals surface area contributed by atoms with Gasteiger partial charge in [-0.3, -0.25) is 0 Å². The van der Waals surface area contributed by atoms with Gasteiger partial charge in [0, 0.05) is 31.9 Å². The summed E-state index contributed by atoms with van der Waals surface area (Å²) in [6, 6.07) is 6.57. The fourth-order valence-corrected chi connectivity index (χ4v) is 6.26.